The number of carbonyl (C=O) groups excluding carboxylic acids is 2. The van der Waals surface area contributed by atoms with E-state index in [2.05, 4.69) is 0 Å². The van der Waals surface area contributed by atoms with Crippen molar-refractivity contribution in [1.29, 1.82) is 0 Å². The molecule has 0 aliphatic heterocycles. The van der Waals surface area contributed by atoms with Crippen molar-refractivity contribution in [3.63, 3.8) is 0 Å². The molecular weight excluding hydrogens is 196 g/mol. The Bertz CT molecular complexity index is 258. The van der Waals surface area contributed by atoms with Gasteiger partial charge in [0.05, 0.1) is 26.1 Å². The molecular formula is C11H16O4. The quantitative estimate of drug-likeness (QED) is 0.641. The predicted molar refractivity (Wildman–Crippen MR) is 51.8 cm³/mol. The smallest absolute Gasteiger partial charge is 0.309 e. The Morgan fingerprint density at radius 3 is 1.60 bits per heavy atom. The van der Waals surface area contributed by atoms with Crippen LogP contribution in [-0.4, -0.2) is 26.2 Å². The molecule has 15 heavy (non-hydrogen) atoms. The van der Waals surface area contributed by atoms with E-state index in [0.29, 0.717) is 11.8 Å². The van der Waals surface area contributed by atoms with Crippen molar-refractivity contribution >= 4 is 11.9 Å². The summed E-state index contributed by atoms with van der Waals surface area (Å²) >= 11 is 0. The number of esters is 2. The van der Waals surface area contributed by atoms with E-state index in [1.54, 1.807) is 0 Å². The molecule has 0 heterocycles. The van der Waals surface area contributed by atoms with Gasteiger partial charge in [-0.25, -0.2) is 0 Å². The summed E-state index contributed by atoms with van der Waals surface area (Å²) in [5, 5.41) is 0. The van der Waals surface area contributed by atoms with Crippen LogP contribution >= 0.6 is 0 Å². The molecule has 4 atom stereocenters. The lowest BCUT2D eigenvalue weighted by Crippen LogP contribution is -2.35. The molecule has 0 N–H and O–H groups in total. The molecule has 4 heteroatoms. The average Bonchev–Trinajstić information content (AvgIpc) is 3.03. The van der Waals surface area contributed by atoms with Crippen LogP contribution < -0.4 is 0 Å². The standard InChI is InChI=1S/C11H16O4/c1-14-10(12)8-4-6-3-7(6)5-9(8)11(13)15-2/h6-9H,3-5H2,1-2H3/t6?,7?,8-,9-/m1/s1. The van der Waals surface area contributed by atoms with Crippen LogP contribution in [0.4, 0.5) is 0 Å². The molecule has 2 unspecified atom stereocenters. The van der Waals surface area contributed by atoms with Crippen LogP contribution in [0, 0.1) is 23.7 Å². The number of hydrogen-bond acceptors (Lipinski definition) is 4. The molecule has 0 amide bonds. The molecule has 2 rings (SSSR count). The Kier molecular flexibility index (Phi) is 2.67. The van der Waals surface area contributed by atoms with Crippen molar-refractivity contribution in [1.82, 2.24) is 0 Å². The van der Waals surface area contributed by atoms with Crippen LogP contribution in [0.3, 0.4) is 0 Å². The number of ether oxygens (including phenoxy) is 2. The fourth-order valence-corrected chi connectivity index (χ4v) is 2.69. The fourth-order valence-electron chi connectivity index (χ4n) is 2.69. The Hall–Kier alpha value is -1.06. The van der Waals surface area contributed by atoms with Gasteiger partial charge in [0.1, 0.15) is 0 Å². The van der Waals surface area contributed by atoms with Crippen molar-refractivity contribution in [2.24, 2.45) is 23.7 Å². The highest BCUT2D eigenvalue weighted by Crippen LogP contribution is 2.53. The second-order valence-corrected chi connectivity index (χ2v) is 4.49. The summed E-state index contributed by atoms with van der Waals surface area (Å²) < 4.78 is 9.47. The largest absolute Gasteiger partial charge is 0.469 e. The third kappa shape index (κ3) is 1.85. The summed E-state index contributed by atoms with van der Waals surface area (Å²) in [4.78, 5) is 23.1. The first-order valence-corrected chi connectivity index (χ1v) is 5.33. The Morgan fingerprint density at radius 1 is 0.867 bits per heavy atom. The maximum atomic E-state index is 11.5. The maximum Gasteiger partial charge on any atom is 0.309 e. The number of rotatable bonds is 2. The maximum absolute atomic E-state index is 11.5. The van der Waals surface area contributed by atoms with Gasteiger partial charge in [0.15, 0.2) is 0 Å². The molecule has 0 saturated heterocycles. The van der Waals surface area contributed by atoms with E-state index >= 15 is 0 Å². The van der Waals surface area contributed by atoms with Crippen LogP contribution in [0.15, 0.2) is 0 Å². The topological polar surface area (TPSA) is 52.6 Å². The van der Waals surface area contributed by atoms with E-state index in [0.717, 1.165) is 19.3 Å². The van der Waals surface area contributed by atoms with Crippen LogP contribution in [0.2, 0.25) is 0 Å². The van der Waals surface area contributed by atoms with E-state index in [9.17, 15) is 9.59 Å². The zero-order valence-electron chi connectivity index (χ0n) is 9.06. The van der Waals surface area contributed by atoms with Crippen molar-refractivity contribution in [2.45, 2.75) is 19.3 Å². The minimum absolute atomic E-state index is 0.268. The average molecular weight is 212 g/mol. The van der Waals surface area contributed by atoms with E-state index in [4.69, 9.17) is 9.47 Å². The SMILES string of the molecule is COC(=O)[C@@H]1CC2CC2C[C@H]1C(=O)OC. The molecule has 2 saturated carbocycles. The second kappa shape index (κ2) is 3.83. The minimum Gasteiger partial charge on any atom is -0.469 e. The van der Waals surface area contributed by atoms with Gasteiger partial charge in [-0.1, -0.05) is 0 Å². The normalized spacial score (nSPS) is 37.7. The second-order valence-electron chi connectivity index (χ2n) is 4.49. The van der Waals surface area contributed by atoms with Gasteiger partial charge in [-0.05, 0) is 31.1 Å². The third-order valence-corrected chi connectivity index (χ3v) is 3.68. The Labute approximate surface area is 88.9 Å². The minimum atomic E-state index is -0.286. The van der Waals surface area contributed by atoms with Crippen molar-refractivity contribution in [3.8, 4) is 0 Å². The third-order valence-electron chi connectivity index (χ3n) is 3.68. The van der Waals surface area contributed by atoms with Gasteiger partial charge in [-0.2, -0.15) is 0 Å². The molecule has 0 aromatic rings. The first kappa shape index (κ1) is 10.5. The van der Waals surface area contributed by atoms with Gasteiger partial charge in [-0.3, -0.25) is 9.59 Å². The van der Waals surface area contributed by atoms with Gasteiger partial charge in [0.25, 0.3) is 0 Å². The monoisotopic (exact) mass is 212 g/mol. The first-order chi connectivity index (χ1) is 7.17. The lowest BCUT2D eigenvalue weighted by molar-refractivity contribution is -0.159. The zero-order valence-corrected chi connectivity index (χ0v) is 9.06. The predicted octanol–water partition coefficient (Wildman–Crippen LogP) is 0.995. The van der Waals surface area contributed by atoms with Gasteiger partial charge < -0.3 is 9.47 Å². The van der Waals surface area contributed by atoms with Gasteiger partial charge in [0, 0.05) is 0 Å². The Balaban J connectivity index is 2.09. The van der Waals surface area contributed by atoms with E-state index in [-0.39, 0.29) is 23.8 Å². The zero-order chi connectivity index (χ0) is 11.0. The molecule has 84 valence electrons. The van der Waals surface area contributed by atoms with Crippen molar-refractivity contribution < 1.29 is 19.1 Å². The van der Waals surface area contributed by atoms with E-state index in [1.807, 2.05) is 0 Å². The number of methoxy groups -OCH3 is 2. The molecule has 0 aromatic carbocycles. The van der Waals surface area contributed by atoms with Gasteiger partial charge in [0.2, 0.25) is 0 Å². The van der Waals surface area contributed by atoms with E-state index in [1.165, 1.54) is 14.2 Å². The van der Waals surface area contributed by atoms with Crippen LogP contribution in [-0.2, 0) is 19.1 Å². The number of fused-ring (bicyclic) bond motifs is 1. The summed E-state index contributed by atoms with van der Waals surface area (Å²) in [6, 6.07) is 0. The van der Waals surface area contributed by atoms with Gasteiger partial charge >= 0.3 is 11.9 Å². The lowest BCUT2D eigenvalue weighted by Gasteiger charge is -2.26. The summed E-state index contributed by atoms with van der Waals surface area (Å²) in [5.74, 6) is 0.161. The molecule has 0 radical (unpaired) electrons. The highest BCUT2D eigenvalue weighted by atomic mass is 16.5. The summed E-state index contributed by atoms with van der Waals surface area (Å²) in [6.45, 7) is 0. The Morgan fingerprint density at radius 2 is 1.27 bits per heavy atom. The van der Waals surface area contributed by atoms with Crippen molar-refractivity contribution in [2.75, 3.05) is 14.2 Å². The summed E-state index contributed by atoms with van der Waals surface area (Å²) in [6.07, 6.45) is 2.73. The fraction of sp³-hybridized carbons (Fsp3) is 0.818. The van der Waals surface area contributed by atoms with E-state index < -0.39 is 0 Å². The van der Waals surface area contributed by atoms with Crippen LogP contribution in [0.1, 0.15) is 19.3 Å². The van der Waals surface area contributed by atoms with Crippen LogP contribution in [0.5, 0.6) is 0 Å². The number of hydrogen-bond donors (Lipinski definition) is 0. The lowest BCUT2D eigenvalue weighted by atomic mass is 9.79. The highest BCUT2D eigenvalue weighted by molar-refractivity contribution is 5.82. The molecule has 0 spiro atoms. The first-order valence-electron chi connectivity index (χ1n) is 5.33. The number of carbonyl (C=O) groups is 2. The van der Waals surface area contributed by atoms with Crippen molar-refractivity contribution in [3.05, 3.63) is 0 Å². The summed E-state index contributed by atoms with van der Waals surface area (Å²) in [5.41, 5.74) is 0. The molecule has 0 aromatic heterocycles. The summed E-state index contributed by atoms with van der Waals surface area (Å²) in [7, 11) is 2.74. The highest BCUT2D eigenvalue weighted by Gasteiger charge is 2.51. The molecule has 2 aliphatic carbocycles. The molecule has 2 aliphatic rings. The van der Waals surface area contributed by atoms with Crippen LogP contribution in [0.25, 0.3) is 0 Å². The molecule has 4 nitrogen and oxygen atoms in total. The van der Waals surface area contributed by atoms with Gasteiger partial charge in [-0.15, -0.1) is 0 Å². The molecule has 2 fully saturated rings. The molecule has 0 bridgehead atoms.